The largest absolute Gasteiger partial charge is 0.480 e. The van der Waals surface area contributed by atoms with E-state index in [9.17, 15) is 19.5 Å². The van der Waals surface area contributed by atoms with Crippen LogP contribution in [0.15, 0.2) is 54.6 Å². The molecule has 1 amide bonds. The highest BCUT2D eigenvalue weighted by Gasteiger charge is 2.34. The number of hydrogen-bond acceptors (Lipinski definition) is 5. The normalized spacial score (nSPS) is 16.3. The number of nitrogens with one attached hydrogen (secondary N) is 1. The third kappa shape index (κ3) is 6.55. The van der Waals surface area contributed by atoms with Crippen molar-refractivity contribution in [2.75, 3.05) is 18.1 Å². The van der Waals surface area contributed by atoms with Gasteiger partial charge in [0.05, 0.1) is 12.6 Å². The lowest BCUT2D eigenvalue weighted by Crippen LogP contribution is -2.53. The number of ether oxygens (including phenoxy) is 1. The number of carbonyl (C=O) groups excluding carboxylic acids is 2. The van der Waals surface area contributed by atoms with E-state index in [0.717, 1.165) is 11.1 Å². The van der Waals surface area contributed by atoms with Gasteiger partial charge in [0.15, 0.2) is 0 Å². The molecule has 0 aliphatic carbocycles. The lowest BCUT2D eigenvalue weighted by Gasteiger charge is -2.27. The molecular formula is C24H29ClN2O5. The van der Waals surface area contributed by atoms with Gasteiger partial charge in [0, 0.05) is 5.69 Å². The van der Waals surface area contributed by atoms with Gasteiger partial charge in [-0.15, -0.1) is 12.4 Å². The van der Waals surface area contributed by atoms with Gasteiger partial charge in [-0.3, -0.25) is 24.6 Å². The standard InChI is InChI=1S/C24H28N2O5.ClH/c1-2-31-24(30)20(14-12-17-8-4-3-5-9-17)25-19-15-13-18-10-6-7-11-21(18)26(23(19)29)16-22(27)28;/h3-11,19-20,25H,2,12-16H2,1H3,(H,27,28);1H/t19-,20+;/m0./s1. The second-order valence-electron chi connectivity index (χ2n) is 7.53. The molecule has 172 valence electrons. The smallest absolute Gasteiger partial charge is 0.323 e. The molecule has 2 aromatic carbocycles. The number of hydrogen-bond donors (Lipinski definition) is 2. The Labute approximate surface area is 194 Å². The van der Waals surface area contributed by atoms with Crippen LogP contribution in [0.1, 0.15) is 30.9 Å². The quantitative estimate of drug-likeness (QED) is 0.558. The summed E-state index contributed by atoms with van der Waals surface area (Å²) in [4.78, 5) is 38.6. The van der Waals surface area contributed by atoms with Gasteiger partial charge in [-0.05, 0) is 49.8 Å². The monoisotopic (exact) mass is 460 g/mol. The summed E-state index contributed by atoms with van der Waals surface area (Å²) in [5, 5.41) is 12.5. The van der Waals surface area contributed by atoms with Crippen molar-refractivity contribution in [1.82, 2.24) is 5.32 Å². The number of halogens is 1. The van der Waals surface area contributed by atoms with Crippen LogP contribution in [0.25, 0.3) is 0 Å². The number of carboxylic acid groups (broad SMARTS) is 1. The molecule has 2 aromatic rings. The summed E-state index contributed by atoms with van der Waals surface area (Å²) in [6, 6.07) is 15.8. The number of rotatable bonds is 9. The Hall–Kier alpha value is -2.90. The van der Waals surface area contributed by atoms with Crippen molar-refractivity contribution < 1.29 is 24.2 Å². The fourth-order valence-corrected chi connectivity index (χ4v) is 3.88. The van der Waals surface area contributed by atoms with E-state index in [-0.39, 0.29) is 24.9 Å². The molecule has 2 atom stereocenters. The molecule has 1 heterocycles. The molecule has 2 N–H and O–H groups in total. The van der Waals surface area contributed by atoms with E-state index in [0.29, 0.717) is 31.4 Å². The van der Waals surface area contributed by atoms with E-state index in [1.807, 2.05) is 42.5 Å². The van der Waals surface area contributed by atoms with E-state index in [1.165, 1.54) is 4.90 Å². The number of nitrogens with zero attached hydrogens (tertiary/aromatic N) is 1. The Morgan fingerprint density at radius 2 is 1.84 bits per heavy atom. The van der Waals surface area contributed by atoms with E-state index in [4.69, 9.17) is 4.74 Å². The predicted molar refractivity (Wildman–Crippen MR) is 124 cm³/mol. The highest BCUT2D eigenvalue weighted by Crippen LogP contribution is 2.27. The fourth-order valence-electron chi connectivity index (χ4n) is 3.88. The van der Waals surface area contributed by atoms with Crippen LogP contribution in [0.4, 0.5) is 5.69 Å². The number of carboxylic acids is 1. The average molecular weight is 461 g/mol. The maximum Gasteiger partial charge on any atom is 0.323 e. The number of amides is 1. The molecular weight excluding hydrogens is 432 g/mol. The third-order valence-electron chi connectivity index (χ3n) is 5.38. The van der Waals surface area contributed by atoms with Gasteiger partial charge in [0.1, 0.15) is 12.6 Å². The Kier molecular flexibility index (Phi) is 9.68. The first-order valence-corrected chi connectivity index (χ1v) is 10.6. The number of aryl methyl sites for hydroxylation is 2. The highest BCUT2D eigenvalue weighted by atomic mass is 35.5. The maximum atomic E-state index is 13.3. The molecule has 0 aromatic heterocycles. The van der Waals surface area contributed by atoms with Crippen LogP contribution in [0.3, 0.4) is 0 Å². The minimum Gasteiger partial charge on any atom is -0.480 e. The van der Waals surface area contributed by atoms with Crippen molar-refractivity contribution in [3.63, 3.8) is 0 Å². The molecule has 0 saturated carbocycles. The van der Waals surface area contributed by atoms with E-state index in [2.05, 4.69) is 5.32 Å². The van der Waals surface area contributed by atoms with Gasteiger partial charge in [0.2, 0.25) is 5.91 Å². The number of aliphatic carboxylic acids is 1. The van der Waals surface area contributed by atoms with Crippen LogP contribution in [-0.4, -0.2) is 48.2 Å². The summed E-state index contributed by atoms with van der Waals surface area (Å²) in [5.41, 5.74) is 2.61. The third-order valence-corrected chi connectivity index (χ3v) is 5.38. The Balaban J connectivity index is 0.00000363. The van der Waals surface area contributed by atoms with Crippen molar-refractivity contribution in [3.05, 3.63) is 65.7 Å². The van der Waals surface area contributed by atoms with Crippen molar-refractivity contribution in [1.29, 1.82) is 0 Å². The SMILES string of the molecule is CCOC(=O)[C@@H](CCc1ccccc1)N[C@H]1CCc2ccccc2N(CC(=O)O)C1=O.Cl. The van der Waals surface area contributed by atoms with Gasteiger partial charge in [0.25, 0.3) is 0 Å². The number of benzene rings is 2. The van der Waals surface area contributed by atoms with Gasteiger partial charge < -0.3 is 9.84 Å². The summed E-state index contributed by atoms with van der Waals surface area (Å²) in [6.07, 6.45) is 2.19. The maximum absolute atomic E-state index is 13.3. The van der Waals surface area contributed by atoms with Crippen LogP contribution in [-0.2, 0) is 32.0 Å². The van der Waals surface area contributed by atoms with Gasteiger partial charge in [-0.1, -0.05) is 48.5 Å². The molecule has 0 radical (unpaired) electrons. The summed E-state index contributed by atoms with van der Waals surface area (Å²) in [7, 11) is 0. The molecule has 0 fully saturated rings. The second kappa shape index (κ2) is 12.2. The summed E-state index contributed by atoms with van der Waals surface area (Å²) >= 11 is 0. The molecule has 3 rings (SSSR count). The molecule has 1 aliphatic rings. The summed E-state index contributed by atoms with van der Waals surface area (Å²) in [5.74, 6) is -1.84. The van der Waals surface area contributed by atoms with E-state index >= 15 is 0 Å². The van der Waals surface area contributed by atoms with Crippen LogP contribution in [0.2, 0.25) is 0 Å². The minimum atomic E-state index is -1.09. The molecule has 0 bridgehead atoms. The highest BCUT2D eigenvalue weighted by molar-refractivity contribution is 6.02. The van der Waals surface area contributed by atoms with Crippen LogP contribution in [0.5, 0.6) is 0 Å². The van der Waals surface area contributed by atoms with E-state index < -0.39 is 30.6 Å². The minimum absolute atomic E-state index is 0. The van der Waals surface area contributed by atoms with Gasteiger partial charge >= 0.3 is 11.9 Å². The molecule has 0 saturated heterocycles. The number of esters is 1. The lowest BCUT2D eigenvalue weighted by molar-refractivity contribution is -0.146. The van der Waals surface area contributed by atoms with Gasteiger partial charge in [-0.25, -0.2) is 0 Å². The van der Waals surface area contributed by atoms with Crippen molar-refractivity contribution >= 4 is 35.9 Å². The zero-order valence-corrected chi connectivity index (χ0v) is 18.8. The van der Waals surface area contributed by atoms with Crippen molar-refractivity contribution in [3.8, 4) is 0 Å². The van der Waals surface area contributed by atoms with Crippen molar-refractivity contribution in [2.24, 2.45) is 0 Å². The Bertz CT molecular complexity index is 922. The lowest BCUT2D eigenvalue weighted by atomic mass is 10.0. The number of para-hydroxylation sites is 1. The number of anilines is 1. The number of carbonyl (C=O) groups is 3. The summed E-state index contributed by atoms with van der Waals surface area (Å²) < 4.78 is 5.23. The Morgan fingerprint density at radius 1 is 1.16 bits per heavy atom. The molecule has 7 nitrogen and oxygen atoms in total. The van der Waals surface area contributed by atoms with Crippen LogP contribution in [0, 0.1) is 0 Å². The fraction of sp³-hybridized carbons (Fsp3) is 0.375. The van der Waals surface area contributed by atoms with Crippen LogP contribution < -0.4 is 10.2 Å². The predicted octanol–water partition coefficient (Wildman–Crippen LogP) is 2.99. The van der Waals surface area contributed by atoms with E-state index in [1.54, 1.807) is 19.1 Å². The molecule has 1 aliphatic heterocycles. The van der Waals surface area contributed by atoms with Crippen molar-refractivity contribution in [2.45, 2.75) is 44.7 Å². The molecule has 0 unspecified atom stereocenters. The molecule has 8 heteroatoms. The zero-order chi connectivity index (χ0) is 22.2. The Morgan fingerprint density at radius 3 is 2.53 bits per heavy atom. The first kappa shape index (κ1) is 25.4. The van der Waals surface area contributed by atoms with Gasteiger partial charge in [-0.2, -0.15) is 0 Å². The summed E-state index contributed by atoms with van der Waals surface area (Å²) in [6.45, 7) is 1.56. The second-order valence-corrected chi connectivity index (χ2v) is 7.53. The first-order chi connectivity index (χ1) is 15.0. The average Bonchev–Trinajstić information content (AvgIpc) is 2.89. The number of fused-ring (bicyclic) bond motifs is 1. The first-order valence-electron chi connectivity index (χ1n) is 10.6. The molecule has 32 heavy (non-hydrogen) atoms. The topological polar surface area (TPSA) is 95.9 Å². The zero-order valence-electron chi connectivity index (χ0n) is 18.0. The molecule has 0 spiro atoms. The van der Waals surface area contributed by atoms with Crippen LogP contribution >= 0.6 is 12.4 Å².